The average molecular weight is 335 g/mol. The van der Waals surface area contributed by atoms with Gasteiger partial charge in [-0.25, -0.2) is 0 Å². The Hall–Kier alpha value is -0.360. The van der Waals surface area contributed by atoms with Gasteiger partial charge in [-0.15, -0.1) is 0 Å². The molecule has 3 fully saturated rings. The molecular weight excluding hydrogens is 310 g/mol. The topological polar surface area (TPSA) is 143 Å². The monoisotopic (exact) mass is 335 g/mol. The van der Waals surface area contributed by atoms with Crippen LogP contribution in [0.25, 0.3) is 0 Å². The Balaban J connectivity index is 1.76. The van der Waals surface area contributed by atoms with Gasteiger partial charge in [0.15, 0.2) is 6.29 Å². The number of ether oxygens (including phenoxy) is 2. The summed E-state index contributed by atoms with van der Waals surface area (Å²) < 4.78 is 11.0. The van der Waals surface area contributed by atoms with Crippen LogP contribution in [-0.2, 0) is 9.47 Å². The third-order valence-electron chi connectivity index (χ3n) is 5.12. The minimum Gasteiger partial charge on any atom is -0.391 e. The van der Waals surface area contributed by atoms with Crippen molar-refractivity contribution >= 4 is 0 Å². The lowest BCUT2D eigenvalue weighted by Crippen LogP contribution is -2.65. The van der Waals surface area contributed by atoms with Gasteiger partial charge >= 0.3 is 0 Å². The molecule has 3 aliphatic heterocycles. The van der Waals surface area contributed by atoms with Crippen molar-refractivity contribution in [1.82, 2.24) is 4.90 Å². The molecule has 0 aliphatic carbocycles. The van der Waals surface area contributed by atoms with Gasteiger partial charge in [0.1, 0.15) is 30.5 Å². The maximum atomic E-state index is 10.2. The van der Waals surface area contributed by atoms with E-state index in [1.807, 2.05) is 4.90 Å². The molecule has 0 aromatic carbocycles. The van der Waals surface area contributed by atoms with Crippen LogP contribution < -0.4 is 0 Å². The van der Waals surface area contributed by atoms with Crippen LogP contribution >= 0.6 is 0 Å². The predicted molar refractivity (Wildman–Crippen MR) is 75.2 cm³/mol. The SMILES string of the molecule is C[C@@H]1O[C@@H](O[C@H]2[C@H](O)[C@@H](O)CN3CC[C@H](O)[C@H]23)[C@@H](O)[C@H](O)[C@@H]1O. The van der Waals surface area contributed by atoms with Gasteiger partial charge in [-0.1, -0.05) is 0 Å². The first kappa shape index (κ1) is 17.5. The van der Waals surface area contributed by atoms with Crippen LogP contribution in [0.4, 0.5) is 0 Å². The number of aliphatic hydroxyl groups is 6. The molecule has 0 bridgehead atoms. The molecule has 0 spiro atoms. The maximum absolute atomic E-state index is 10.2. The molecule has 6 N–H and O–H groups in total. The van der Waals surface area contributed by atoms with Gasteiger partial charge in [-0.05, 0) is 13.3 Å². The first-order valence-corrected chi connectivity index (χ1v) is 7.94. The van der Waals surface area contributed by atoms with Crippen molar-refractivity contribution in [3.8, 4) is 0 Å². The van der Waals surface area contributed by atoms with E-state index >= 15 is 0 Å². The fourth-order valence-electron chi connectivity index (χ4n) is 3.71. The van der Waals surface area contributed by atoms with Crippen molar-refractivity contribution in [2.75, 3.05) is 13.1 Å². The lowest BCUT2D eigenvalue weighted by atomic mass is 9.92. The van der Waals surface area contributed by atoms with Crippen molar-refractivity contribution in [2.45, 2.75) is 74.5 Å². The molecule has 3 rings (SSSR count). The number of hydrogen-bond acceptors (Lipinski definition) is 9. The maximum Gasteiger partial charge on any atom is 0.187 e. The molecule has 3 aliphatic rings. The summed E-state index contributed by atoms with van der Waals surface area (Å²) in [5.41, 5.74) is 0. The lowest BCUT2D eigenvalue weighted by molar-refractivity contribution is -0.323. The molecule has 9 nitrogen and oxygen atoms in total. The second-order valence-corrected chi connectivity index (χ2v) is 6.68. The zero-order chi connectivity index (χ0) is 16.9. The van der Waals surface area contributed by atoms with E-state index < -0.39 is 61.2 Å². The molecule has 134 valence electrons. The van der Waals surface area contributed by atoms with Gasteiger partial charge in [0.25, 0.3) is 0 Å². The standard InChI is InChI=1S/C14H25NO8/c1-5-9(18)11(20)12(21)14(22-5)23-13-8-6(16)2-3-15(8)4-7(17)10(13)19/h5-14,16-21H,2-4H2,1H3/t5-,6-,7-,8+,9+,10+,11+,12-,13+,14-/m0/s1. The molecule has 3 heterocycles. The fourth-order valence-corrected chi connectivity index (χ4v) is 3.71. The highest BCUT2D eigenvalue weighted by atomic mass is 16.7. The van der Waals surface area contributed by atoms with Crippen molar-refractivity contribution in [3.05, 3.63) is 0 Å². The van der Waals surface area contributed by atoms with Crippen LogP contribution in [-0.4, -0.2) is 110 Å². The lowest BCUT2D eigenvalue weighted by Gasteiger charge is -2.46. The highest BCUT2D eigenvalue weighted by Crippen LogP contribution is 2.33. The summed E-state index contributed by atoms with van der Waals surface area (Å²) in [5, 5.41) is 59.9. The zero-order valence-electron chi connectivity index (χ0n) is 12.8. The minimum atomic E-state index is -1.50. The molecule has 23 heavy (non-hydrogen) atoms. The zero-order valence-corrected chi connectivity index (χ0v) is 12.8. The Morgan fingerprint density at radius 3 is 2.30 bits per heavy atom. The van der Waals surface area contributed by atoms with E-state index in [2.05, 4.69) is 0 Å². The van der Waals surface area contributed by atoms with Gasteiger partial charge in [0, 0.05) is 13.1 Å². The van der Waals surface area contributed by atoms with Gasteiger partial charge < -0.3 is 40.1 Å². The second kappa shape index (κ2) is 6.51. The fraction of sp³-hybridized carbons (Fsp3) is 1.00. The quantitative estimate of drug-likeness (QED) is 0.301. The molecule has 3 saturated heterocycles. The van der Waals surface area contributed by atoms with Gasteiger partial charge in [-0.3, -0.25) is 4.90 Å². The number of fused-ring (bicyclic) bond motifs is 1. The van der Waals surface area contributed by atoms with E-state index in [9.17, 15) is 30.6 Å². The Labute approximate surface area is 133 Å². The van der Waals surface area contributed by atoms with Crippen molar-refractivity contribution < 1.29 is 40.1 Å². The molecule has 0 aromatic heterocycles. The van der Waals surface area contributed by atoms with Crippen molar-refractivity contribution in [2.24, 2.45) is 0 Å². The molecule has 0 radical (unpaired) electrons. The van der Waals surface area contributed by atoms with Crippen molar-refractivity contribution in [3.63, 3.8) is 0 Å². The summed E-state index contributed by atoms with van der Waals surface area (Å²) in [6.45, 7) is 2.33. The van der Waals surface area contributed by atoms with Crippen LogP contribution in [0.2, 0.25) is 0 Å². The molecule has 0 unspecified atom stereocenters. The van der Waals surface area contributed by atoms with Crippen LogP contribution in [0, 0.1) is 0 Å². The van der Waals surface area contributed by atoms with E-state index in [0.717, 1.165) is 0 Å². The van der Waals surface area contributed by atoms with Gasteiger partial charge in [0.2, 0.25) is 0 Å². The number of rotatable bonds is 2. The summed E-state index contributed by atoms with van der Waals surface area (Å²) in [6.07, 6.45) is -9.75. The van der Waals surface area contributed by atoms with Crippen LogP contribution in [0.5, 0.6) is 0 Å². The Kier molecular flexibility index (Phi) is 4.94. The first-order chi connectivity index (χ1) is 10.8. The summed E-state index contributed by atoms with van der Waals surface area (Å²) in [4.78, 5) is 1.83. The summed E-state index contributed by atoms with van der Waals surface area (Å²) >= 11 is 0. The molecule has 9 heteroatoms. The van der Waals surface area contributed by atoms with E-state index in [4.69, 9.17) is 9.47 Å². The molecule has 0 amide bonds. The Morgan fingerprint density at radius 2 is 1.61 bits per heavy atom. The van der Waals surface area contributed by atoms with E-state index in [1.165, 1.54) is 6.92 Å². The van der Waals surface area contributed by atoms with Gasteiger partial charge in [0.05, 0.1) is 24.4 Å². The number of piperidine rings is 1. The van der Waals surface area contributed by atoms with Crippen LogP contribution in [0.1, 0.15) is 13.3 Å². The third-order valence-corrected chi connectivity index (χ3v) is 5.12. The van der Waals surface area contributed by atoms with Crippen LogP contribution in [0.3, 0.4) is 0 Å². The number of nitrogens with zero attached hydrogens (tertiary/aromatic N) is 1. The molecular formula is C14H25NO8. The largest absolute Gasteiger partial charge is 0.391 e. The van der Waals surface area contributed by atoms with Crippen molar-refractivity contribution in [1.29, 1.82) is 0 Å². The summed E-state index contributed by atoms with van der Waals surface area (Å²) in [5.74, 6) is 0. The molecule has 10 atom stereocenters. The Bertz CT molecular complexity index is 426. The van der Waals surface area contributed by atoms with Gasteiger partial charge in [-0.2, -0.15) is 0 Å². The smallest absolute Gasteiger partial charge is 0.187 e. The normalized spacial score (nSPS) is 54.9. The Morgan fingerprint density at radius 1 is 0.913 bits per heavy atom. The minimum absolute atomic E-state index is 0.231. The van der Waals surface area contributed by atoms with E-state index in [0.29, 0.717) is 13.0 Å². The van der Waals surface area contributed by atoms with E-state index in [1.54, 1.807) is 0 Å². The second-order valence-electron chi connectivity index (χ2n) is 6.68. The molecule has 0 saturated carbocycles. The average Bonchev–Trinajstić information content (AvgIpc) is 2.87. The summed E-state index contributed by atoms with van der Waals surface area (Å²) in [7, 11) is 0. The number of aliphatic hydroxyl groups excluding tert-OH is 6. The highest BCUT2D eigenvalue weighted by molar-refractivity contribution is 5.03. The van der Waals surface area contributed by atoms with E-state index in [-0.39, 0.29) is 6.54 Å². The highest BCUT2D eigenvalue weighted by Gasteiger charge is 2.52. The predicted octanol–water partition coefficient (Wildman–Crippen LogP) is -3.63. The van der Waals surface area contributed by atoms with Crippen LogP contribution in [0.15, 0.2) is 0 Å². The number of hydrogen-bond donors (Lipinski definition) is 6. The molecule has 0 aromatic rings. The third kappa shape index (κ3) is 3.01. The first-order valence-electron chi connectivity index (χ1n) is 7.94. The summed E-state index contributed by atoms with van der Waals surface area (Å²) in [6, 6.07) is -0.525.